The summed E-state index contributed by atoms with van der Waals surface area (Å²) in [5.41, 5.74) is -0.122. The molecule has 1 N–H and O–H groups in total. The van der Waals surface area contributed by atoms with E-state index in [0.29, 0.717) is 12.8 Å². The number of carbonyl (C=O) groups excluding carboxylic acids is 2. The lowest BCUT2D eigenvalue weighted by Gasteiger charge is -2.35. The monoisotopic (exact) mass is 419 g/mol. The predicted octanol–water partition coefficient (Wildman–Crippen LogP) is 3.03. The third-order valence-electron chi connectivity index (χ3n) is 3.81. The topological polar surface area (TPSA) is 57.6 Å². The van der Waals surface area contributed by atoms with Crippen molar-refractivity contribution in [2.75, 3.05) is 6.54 Å². The van der Waals surface area contributed by atoms with Crippen LogP contribution in [0.5, 0.6) is 0 Å². The Kier molecular flexibility index (Phi) is 5.21. The molecule has 120 valence electrons. The average Bonchev–Trinajstić information content (AvgIpc) is 2.35. The molecule has 0 saturated carbocycles. The van der Waals surface area contributed by atoms with Crippen LogP contribution in [0.4, 0.5) is 4.39 Å². The number of likely N-dealkylation sites (tertiary alicyclic amines) is 1. The molecule has 1 saturated heterocycles. The smallest absolute Gasteiger partial charge is 0.229 e. The van der Waals surface area contributed by atoms with Gasteiger partial charge in [0.1, 0.15) is 5.82 Å². The minimum atomic E-state index is -1.03. The van der Waals surface area contributed by atoms with Gasteiger partial charge in [0.15, 0.2) is 0 Å². The van der Waals surface area contributed by atoms with Crippen LogP contribution in [-0.4, -0.2) is 28.4 Å². The van der Waals surface area contributed by atoms with Crippen molar-refractivity contribution in [1.29, 1.82) is 0 Å². The molecule has 4 nitrogen and oxygen atoms in total. The van der Waals surface area contributed by atoms with E-state index in [1.807, 2.05) is 36.4 Å². The molecule has 0 aliphatic carbocycles. The van der Waals surface area contributed by atoms with Crippen molar-refractivity contribution in [3.63, 3.8) is 0 Å². The molecule has 2 rings (SSSR count). The van der Waals surface area contributed by atoms with E-state index in [1.165, 1.54) is 17.0 Å². The van der Waals surface area contributed by atoms with E-state index in [1.54, 1.807) is 6.07 Å². The first-order valence-corrected chi connectivity index (χ1v) is 8.24. The number of hydrogen-bond acceptors (Lipinski definition) is 3. The molecule has 0 spiro atoms. The van der Waals surface area contributed by atoms with Crippen LogP contribution in [0.15, 0.2) is 18.2 Å². The molecule has 2 amide bonds. The van der Waals surface area contributed by atoms with Crippen LogP contribution in [-0.2, 0) is 9.59 Å². The zero-order chi connectivity index (χ0) is 16.5. The van der Waals surface area contributed by atoms with E-state index in [4.69, 9.17) is 0 Å². The van der Waals surface area contributed by atoms with Gasteiger partial charge in [-0.1, -0.05) is 19.9 Å². The summed E-state index contributed by atoms with van der Waals surface area (Å²) < 4.78 is 14.6. The second kappa shape index (κ2) is 6.62. The normalized spacial score (nSPS) is 19.4. The van der Waals surface area contributed by atoms with Crippen molar-refractivity contribution in [2.45, 2.75) is 39.2 Å². The first kappa shape index (κ1) is 17.3. The van der Waals surface area contributed by atoms with E-state index in [0.717, 1.165) is 3.57 Å². The summed E-state index contributed by atoms with van der Waals surface area (Å²) in [5.74, 6) is -0.926. The van der Waals surface area contributed by atoms with Gasteiger partial charge in [-0.25, -0.2) is 4.39 Å². The highest BCUT2D eigenvalue weighted by atomic mass is 127. The van der Waals surface area contributed by atoms with Gasteiger partial charge in [0, 0.05) is 28.5 Å². The first-order chi connectivity index (χ1) is 10.2. The van der Waals surface area contributed by atoms with Gasteiger partial charge in [-0.3, -0.25) is 14.5 Å². The van der Waals surface area contributed by atoms with Crippen LogP contribution in [0.2, 0.25) is 0 Å². The average molecular weight is 419 g/mol. The molecule has 1 aliphatic rings. The molecular formula is C16H19FINO3. The van der Waals surface area contributed by atoms with Crippen molar-refractivity contribution in [3.8, 4) is 0 Å². The molecule has 22 heavy (non-hydrogen) atoms. The fraction of sp³-hybridized carbons (Fsp3) is 0.500. The number of halogens is 2. The van der Waals surface area contributed by atoms with Crippen LogP contribution in [0.1, 0.15) is 44.8 Å². The summed E-state index contributed by atoms with van der Waals surface area (Å²) in [6.45, 7) is 3.88. The number of amides is 2. The van der Waals surface area contributed by atoms with Gasteiger partial charge >= 0.3 is 0 Å². The van der Waals surface area contributed by atoms with Crippen LogP contribution in [0.3, 0.4) is 0 Å². The zero-order valence-electron chi connectivity index (χ0n) is 12.6. The highest BCUT2D eigenvalue weighted by Gasteiger charge is 2.37. The summed E-state index contributed by atoms with van der Waals surface area (Å²) in [6.07, 6.45) is -0.276. The van der Waals surface area contributed by atoms with Gasteiger partial charge in [-0.2, -0.15) is 0 Å². The summed E-state index contributed by atoms with van der Waals surface area (Å²) in [6, 6.07) is 4.59. The van der Waals surface area contributed by atoms with E-state index < -0.39 is 11.9 Å². The second-order valence-corrected chi connectivity index (χ2v) is 7.67. The summed E-state index contributed by atoms with van der Waals surface area (Å²) in [4.78, 5) is 25.2. The number of benzene rings is 1. The molecule has 1 fully saturated rings. The Morgan fingerprint density at radius 2 is 1.91 bits per heavy atom. The Hall–Kier alpha value is -1.02. The molecule has 1 atom stereocenters. The predicted molar refractivity (Wildman–Crippen MR) is 88.4 cm³/mol. The van der Waals surface area contributed by atoms with Gasteiger partial charge in [0.05, 0.1) is 6.10 Å². The third kappa shape index (κ3) is 4.04. The SMILES string of the molecule is CC1(C)CC(=O)N(CCC(O)c2ccc(I)cc2F)C(=O)C1. The lowest BCUT2D eigenvalue weighted by Crippen LogP contribution is -2.46. The molecule has 0 aromatic heterocycles. The number of aliphatic hydroxyl groups is 1. The van der Waals surface area contributed by atoms with E-state index in [9.17, 15) is 19.1 Å². The number of carbonyl (C=O) groups is 2. The van der Waals surface area contributed by atoms with Crippen molar-refractivity contribution in [2.24, 2.45) is 5.41 Å². The number of hydrogen-bond donors (Lipinski definition) is 1. The zero-order valence-corrected chi connectivity index (χ0v) is 14.8. The summed E-state index contributed by atoms with van der Waals surface area (Å²) in [5, 5.41) is 10.1. The van der Waals surface area contributed by atoms with Crippen molar-refractivity contribution in [1.82, 2.24) is 4.90 Å². The quantitative estimate of drug-likeness (QED) is 0.603. The molecule has 1 aliphatic heterocycles. The van der Waals surface area contributed by atoms with Crippen LogP contribution in [0, 0.1) is 14.8 Å². The Balaban J connectivity index is 2.00. The Bertz CT molecular complexity index is 583. The van der Waals surface area contributed by atoms with E-state index >= 15 is 0 Å². The molecule has 1 aromatic rings. The Morgan fingerprint density at radius 1 is 1.32 bits per heavy atom. The maximum atomic E-state index is 13.8. The molecule has 1 aromatic carbocycles. The number of nitrogens with zero attached hydrogens (tertiary/aromatic N) is 1. The van der Waals surface area contributed by atoms with Gasteiger partial charge in [0.2, 0.25) is 11.8 Å². The van der Waals surface area contributed by atoms with Crippen molar-refractivity contribution < 1.29 is 19.1 Å². The molecule has 6 heteroatoms. The molecule has 0 radical (unpaired) electrons. The first-order valence-electron chi connectivity index (χ1n) is 7.16. The summed E-state index contributed by atoms with van der Waals surface area (Å²) >= 11 is 1.99. The molecule has 1 heterocycles. The maximum absolute atomic E-state index is 13.8. The fourth-order valence-corrected chi connectivity index (χ4v) is 3.09. The standard InChI is InChI=1S/C16H19FINO3/c1-16(2)8-14(21)19(15(22)9-16)6-5-13(20)11-4-3-10(18)7-12(11)17/h3-4,7,13,20H,5-6,8-9H2,1-2H3. The molecular weight excluding hydrogens is 400 g/mol. The second-order valence-electron chi connectivity index (χ2n) is 6.43. The van der Waals surface area contributed by atoms with Crippen LogP contribution in [0.25, 0.3) is 0 Å². The van der Waals surface area contributed by atoms with Gasteiger partial charge in [0.25, 0.3) is 0 Å². The Labute approximate surface area is 142 Å². The minimum Gasteiger partial charge on any atom is -0.388 e. The maximum Gasteiger partial charge on any atom is 0.229 e. The largest absolute Gasteiger partial charge is 0.388 e. The summed E-state index contributed by atoms with van der Waals surface area (Å²) in [7, 11) is 0. The third-order valence-corrected chi connectivity index (χ3v) is 4.48. The number of rotatable bonds is 4. The molecule has 1 unspecified atom stereocenters. The van der Waals surface area contributed by atoms with Gasteiger partial charge < -0.3 is 5.11 Å². The van der Waals surface area contributed by atoms with E-state index in [-0.39, 0.29) is 35.8 Å². The lowest BCUT2D eigenvalue weighted by molar-refractivity contribution is -0.152. The highest BCUT2D eigenvalue weighted by Crippen LogP contribution is 2.32. The fourth-order valence-electron chi connectivity index (χ4n) is 2.64. The lowest BCUT2D eigenvalue weighted by atomic mass is 9.81. The van der Waals surface area contributed by atoms with Gasteiger partial charge in [-0.15, -0.1) is 0 Å². The minimum absolute atomic E-state index is 0.111. The van der Waals surface area contributed by atoms with Crippen molar-refractivity contribution >= 4 is 34.4 Å². The van der Waals surface area contributed by atoms with Crippen LogP contribution >= 0.6 is 22.6 Å². The van der Waals surface area contributed by atoms with Crippen molar-refractivity contribution in [3.05, 3.63) is 33.1 Å². The number of aliphatic hydroxyl groups excluding tert-OH is 1. The van der Waals surface area contributed by atoms with Crippen LogP contribution < -0.4 is 0 Å². The van der Waals surface area contributed by atoms with Gasteiger partial charge in [-0.05, 0) is 46.6 Å². The highest BCUT2D eigenvalue weighted by molar-refractivity contribution is 14.1. The Morgan fingerprint density at radius 3 is 2.45 bits per heavy atom. The van der Waals surface area contributed by atoms with E-state index in [2.05, 4.69) is 0 Å². The molecule has 0 bridgehead atoms. The number of imide groups is 1. The number of piperidine rings is 1.